The van der Waals surface area contributed by atoms with E-state index in [9.17, 15) is 0 Å². The average molecular weight is 567 g/mol. The first-order valence-electron chi connectivity index (χ1n) is 11.7. The Morgan fingerprint density at radius 2 is 1.91 bits per heavy atom. The maximum Gasteiger partial charge on any atom is 0.191 e. The fraction of sp³-hybridized carbons (Fsp3) is 0.520. The predicted molar refractivity (Wildman–Crippen MR) is 147 cm³/mol. The molecule has 2 N–H and O–H groups in total. The first kappa shape index (κ1) is 27.3. The Morgan fingerprint density at radius 1 is 1.15 bits per heavy atom. The molecule has 0 amide bonds. The fourth-order valence-corrected chi connectivity index (χ4v) is 3.77. The molecule has 8 heteroatoms. The molecule has 2 aromatic rings. The molecule has 7 nitrogen and oxygen atoms in total. The Morgan fingerprint density at radius 3 is 2.64 bits per heavy atom. The molecular weight excluding hydrogens is 527 g/mol. The van der Waals surface area contributed by atoms with Crippen molar-refractivity contribution in [2.75, 3.05) is 51.3 Å². The Balaban J connectivity index is 0.00000385. The molecule has 1 atom stereocenters. The second kappa shape index (κ2) is 15.1. The van der Waals surface area contributed by atoms with E-state index in [1.54, 1.807) is 0 Å². The zero-order valence-electron chi connectivity index (χ0n) is 20.2. The molecule has 1 fully saturated rings. The second-order valence-corrected chi connectivity index (χ2v) is 8.25. The first-order chi connectivity index (χ1) is 15.7. The van der Waals surface area contributed by atoms with E-state index in [1.807, 2.05) is 12.3 Å². The third-order valence-corrected chi connectivity index (χ3v) is 5.81. The average Bonchev–Trinajstić information content (AvgIpc) is 2.84. The summed E-state index contributed by atoms with van der Waals surface area (Å²) in [6.45, 7) is 10.9. The molecule has 1 aromatic carbocycles. The molecule has 1 aliphatic rings. The van der Waals surface area contributed by atoms with E-state index in [-0.39, 0.29) is 24.0 Å². The number of aliphatic imine (C=N–C) groups is 1. The largest absolute Gasteiger partial charge is 0.378 e. The minimum absolute atomic E-state index is 0. The van der Waals surface area contributed by atoms with Crippen LogP contribution in [0.25, 0.3) is 0 Å². The van der Waals surface area contributed by atoms with Crippen LogP contribution in [0, 0.1) is 0 Å². The number of hydrogen-bond donors (Lipinski definition) is 2. The highest BCUT2D eigenvalue weighted by Gasteiger charge is 2.16. The van der Waals surface area contributed by atoms with E-state index in [0.29, 0.717) is 12.6 Å². The number of aromatic nitrogens is 1. The minimum atomic E-state index is 0. The van der Waals surface area contributed by atoms with Gasteiger partial charge in [-0.05, 0) is 38.9 Å². The molecule has 1 unspecified atom stereocenters. The van der Waals surface area contributed by atoms with Crippen LogP contribution in [0.15, 0.2) is 53.7 Å². The van der Waals surface area contributed by atoms with Gasteiger partial charge in [0.2, 0.25) is 0 Å². The summed E-state index contributed by atoms with van der Waals surface area (Å²) in [7, 11) is 2.19. The molecule has 182 valence electrons. The summed E-state index contributed by atoms with van der Waals surface area (Å²) >= 11 is 0. The SMILES string of the molecule is CCNC(=NCc1cccnc1N1CCOCC1)NCCC(C)N(C)Cc1ccccc1.I. The highest BCUT2D eigenvalue weighted by Crippen LogP contribution is 2.19. The number of nitrogens with zero attached hydrogens (tertiary/aromatic N) is 4. The number of nitrogens with one attached hydrogen (secondary N) is 2. The van der Waals surface area contributed by atoms with Gasteiger partial charge in [0.15, 0.2) is 5.96 Å². The summed E-state index contributed by atoms with van der Waals surface area (Å²) in [5.74, 6) is 1.87. The van der Waals surface area contributed by atoms with Crippen LogP contribution < -0.4 is 15.5 Å². The van der Waals surface area contributed by atoms with Crippen LogP contribution in [0.1, 0.15) is 31.4 Å². The van der Waals surface area contributed by atoms with Gasteiger partial charge in [0.25, 0.3) is 0 Å². The van der Waals surface area contributed by atoms with Crippen molar-refractivity contribution < 1.29 is 4.74 Å². The predicted octanol–water partition coefficient (Wildman–Crippen LogP) is 3.50. The topological polar surface area (TPSA) is 65.0 Å². The molecule has 0 spiro atoms. The van der Waals surface area contributed by atoms with E-state index in [0.717, 1.165) is 69.7 Å². The lowest BCUT2D eigenvalue weighted by atomic mass is 10.1. The molecule has 1 saturated heterocycles. The summed E-state index contributed by atoms with van der Waals surface area (Å²) in [6, 6.07) is 15.2. The number of anilines is 1. The van der Waals surface area contributed by atoms with Crippen LogP contribution in [0.5, 0.6) is 0 Å². The maximum absolute atomic E-state index is 5.48. The minimum Gasteiger partial charge on any atom is -0.378 e. The van der Waals surface area contributed by atoms with E-state index in [2.05, 4.69) is 82.7 Å². The summed E-state index contributed by atoms with van der Waals surface area (Å²) in [4.78, 5) is 14.1. The van der Waals surface area contributed by atoms with E-state index < -0.39 is 0 Å². The summed E-state index contributed by atoms with van der Waals surface area (Å²) in [6.07, 6.45) is 2.90. The zero-order chi connectivity index (χ0) is 22.6. The van der Waals surface area contributed by atoms with Crippen molar-refractivity contribution in [3.63, 3.8) is 0 Å². The number of hydrogen-bond acceptors (Lipinski definition) is 5. The van der Waals surface area contributed by atoms with E-state index >= 15 is 0 Å². The molecule has 1 aliphatic heterocycles. The maximum atomic E-state index is 5.48. The number of guanidine groups is 1. The molecule has 3 rings (SSSR count). The Hall–Kier alpha value is -1.91. The highest BCUT2D eigenvalue weighted by molar-refractivity contribution is 14.0. The van der Waals surface area contributed by atoms with Crippen LogP contribution in [0.3, 0.4) is 0 Å². The molecule has 0 saturated carbocycles. The van der Waals surface area contributed by atoms with E-state index in [1.165, 1.54) is 5.56 Å². The number of morpholine rings is 1. The molecule has 1 aromatic heterocycles. The van der Waals surface area contributed by atoms with Gasteiger partial charge in [-0.25, -0.2) is 9.98 Å². The number of benzene rings is 1. The summed E-state index contributed by atoms with van der Waals surface area (Å²) < 4.78 is 5.48. The van der Waals surface area contributed by atoms with Crippen molar-refractivity contribution in [1.82, 2.24) is 20.5 Å². The highest BCUT2D eigenvalue weighted by atomic mass is 127. The number of halogens is 1. The smallest absolute Gasteiger partial charge is 0.191 e. The van der Waals surface area contributed by atoms with Crippen LogP contribution in [0.2, 0.25) is 0 Å². The standard InChI is InChI=1S/C25H38N6O.HI/c1-4-26-25(28-14-12-21(2)30(3)20-22-9-6-5-7-10-22)29-19-23-11-8-13-27-24(23)31-15-17-32-18-16-31;/h5-11,13,21H,4,12,14-20H2,1-3H3,(H2,26,28,29);1H. The van der Waals surface area contributed by atoms with Crippen molar-refractivity contribution in [3.05, 3.63) is 59.8 Å². The Bertz CT molecular complexity index is 829. The zero-order valence-corrected chi connectivity index (χ0v) is 22.5. The fourth-order valence-electron chi connectivity index (χ4n) is 3.77. The first-order valence-corrected chi connectivity index (χ1v) is 11.7. The van der Waals surface area contributed by atoms with Crippen molar-refractivity contribution in [2.45, 2.75) is 39.4 Å². The molecule has 0 aliphatic carbocycles. The molecule has 33 heavy (non-hydrogen) atoms. The van der Waals surface area contributed by atoms with Gasteiger partial charge < -0.3 is 20.3 Å². The second-order valence-electron chi connectivity index (χ2n) is 8.25. The lowest BCUT2D eigenvalue weighted by molar-refractivity contribution is 0.122. The van der Waals surface area contributed by atoms with Crippen LogP contribution >= 0.6 is 24.0 Å². The van der Waals surface area contributed by atoms with Crippen molar-refractivity contribution in [1.29, 1.82) is 0 Å². The van der Waals surface area contributed by atoms with Gasteiger partial charge in [-0.15, -0.1) is 24.0 Å². The molecular formula is C25H39IN6O. The molecule has 2 heterocycles. The summed E-state index contributed by atoms with van der Waals surface area (Å²) in [5, 5.41) is 6.86. The monoisotopic (exact) mass is 566 g/mol. The van der Waals surface area contributed by atoms with Gasteiger partial charge in [0.05, 0.1) is 19.8 Å². The lowest BCUT2D eigenvalue weighted by Gasteiger charge is -2.29. The van der Waals surface area contributed by atoms with Gasteiger partial charge in [0, 0.05) is 50.5 Å². The van der Waals surface area contributed by atoms with Crippen molar-refractivity contribution in [2.24, 2.45) is 4.99 Å². The normalized spacial score (nSPS) is 15.2. The Labute approximate surface area is 216 Å². The van der Waals surface area contributed by atoms with Gasteiger partial charge >= 0.3 is 0 Å². The van der Waals surface area contributed by atoms with Crippen LogP contribution in [-0.4, -0.2) is 68.3 Å². The quantitative estimate of drug-likeness (QED) is 0.261. The van der Waals surface area contributed by atoms with Gasteiger partial charge in [-0.1, -0.05) is 36.4 Å². The molecule has 0 bridgehead atoms. The third-order valence-electron chi connectivity index (χ3n) is 5.81. The third kappa shape index (κ3) is 9.10. The lowest BCUT2D eigenvalue weighted by Crippen LogP contribution is -2.40. The van der Waals surface area contributed by atoms with Gasteiger partial charge in [-0.3, -0.25) is 4.90 Å². The Kier molecular flexibility index (Phi) is 12.5. The van der Waals surface area contributed by atoms with Crippen molar-refractivity contribution in [3.8, 4) is 0 Å². The number of ether oxygens (including phenoxy) is 1. The summed E-state index contributed by atoms with van der Waals surface area (Å²) in [5.41, 5.74) is 2.49. The molecule has 0 radical (unpaired) electrons. The van der Waals surface area contributed by atoms with Crippen LogP contribution in [0.4, 0.5) is 5.82 Å². The van der Waals surface area contributed by atoms with Crippen LogP contribution in [-0.2, 0) is 17.8 Å². The van der Waals surface area contributed by atoms with Gasteiger partial charge in [0.1, 0.15) is 5.82 Å². The van der Waals surface area contributed by atoms with Gasteiger partial charge in [-0.2, -0.15) is 0 Å². The van der Waals surface area contributed by atoms with Crippen molar-refractivity contribution >= 4 is 35.8 Å². The number of pyridine rings is 1. The van der Waals surface area contributed by atoms with E-state index in [4.69, 9.17) is 9.73 Å². The number of rotatable bonds is 10.